The van der Waals surface area contributed by atoms with E-state index >= 15 is 0 Å². The number of hydrogen-bond acceptors (Lipinski definition) is 4. The van der Waals surface area contributed by atoms with Crippen LogP contribution in [-0.2, 0) is 4.79 Å². The van der Waals surface area contributed by atoms with Gasteiger partial charge >= 0.3 is 0 Å². The van der Waals surface area contributed by atoms with Gasteiger partial charge in [-0.25, -0.2) is 0 Å². The van der Waals surface area contributed by atoms with Gasteiger partial charge in [0, 0.05) is 24.5 Å². The lowest BCUT2D eigenvalue weighted by Gasteiger charge is -2.16. The number of carbonyl (C=O) groups is 2. The quantitative estimate of drug-likeness (QED) is 0.712. The summed E-state index contributed by atoms with van der Waals surface area (Å²) in [5.41, 5.74) is 1.14. The van der Waals surface area contributed by atoms with Gasteiger partial charge in [-0.3, -0.25) is 14.6 Å². The molecule has 0 aliphatic heterocycles. The van der Waals surface area contributed by atoms with Crippen molar-refractivity contribution in [3.8, 4) is 0 Å². The van der Waals surface area contributed by atoms with Crippen LogP contribution < -0.4 is 16.0 Å². The third kappa shape index (κ3) is 5.81. The topological polar surface area (TPSA) is 83.1 Å². The molecule has 1 rings (SSSR count). The summed E-state index contributed by atoms with van der Waals surface area (Å²) in [5, 5.41) is 8.59. The summed E-state index contributed by atoms with van der Waals surface area (Å²) in [7, 11) is 0. The standard InChI is InChI=1S/C15H24N4O2/c1-5-7-16-12-6-8-17-13(9-12)15(21)19-11(4)14(20)18-10(2)3/h6,8-11H,5,7H2,1-4H3,(H,16,17)(H,18,20)(H,19,21). The molecule has 0 aliphatic carbocycles. The molecule has 116 valence electrons. The highest BCUT2D eigenvalue weighted by Gasteiger charge is 2.17. The number of pyridine rings is 1. The highest BCUT2D eigenvalue weighted by Crippen LogP contribution is 2.08. The Hall–Kier alpha value is -2.11. The van der Waals surface area contributed by atoms with E-state index in [0.29, 0.717) is 5.69 Å². The lowest BCUT2D eigenvalue weighted by atomic mass is 10.2. The van der Waals surface area contributed by atoms with E-state index in [1.807, 2.05) is 13.8 Å². The van der Waals surface area contributed by atoms with E-state index in [1.54, 1.807) is 25.3 Å². The van der Waals surface area contributed by atoms with Crippen molar-refractivity contribution in [1.29, 1.82) is 0 Å². The van der Waals surface area contributed by atoms with Crippen LogP contribution in [0.4, 0.5) is 5.69 Å². The lowest BCUT2D eigenvalue weighted by molar-refractivity contribution is -0.123. The summed E-state index contributed by atoms with van der Waals surface area (Å²) < 4.78 is 0. The van der Waals surface area contributed by atoms with Crippen LogP contribution in [0.5, 0.6) is 0 Å². The Bertz CT molecular complexity index is 488. The zero-order chi connectivity index (χ0) is 15.8. The average molecular weight is 292 g/mol. The Morgan fingerprint density at radius 2 is 1.95 bits per heavy atom. The van der Waals surface area contributed by atoms with Crippen molar-refractivity contribution in [2.75, 3.05) is 11.9 Å². The Kier molecular flexibility index (Phi) is 6.65. The summed E-state index contributed by atoms with van der Waals surface area (Å²) in [4.78, 5) is 27.9. The van der Waals surface area contributed by atoms with Gasteiger partial charge in [0.1, 0.15) is 11.7 Å². The van der Waals surface area contributed by atoms with Gasteiger partial charge in [-0.2, -0.15) is 0 Å². The van der Waals surface area contributed by atoms with Crippen molar-refractivity contribution >= 4 is 17.5 Å². The average Bonchev–Trinajstić information content (AvgIpc) is 2.44. The molecule has 0 saturated heterocycles. The number of anilines is 1. The Morgan fingerprint density at radius 1 is 1.24 bits per heavy atom. The zero-order valence-electron chi connectivity index (χ0n) is 13.1. The second kappa shape index (κ2) is 8.24. The van der Waals surface area contributed by atoms with Crippen LogP contribution in [0.3, 0.4) is 0 Å². The second-order valence-corrected chi connectivity index (χ2v) is 5.21. The van der Waals surface area contributed by atoms with Crippen LogP contribution in [0.25, 0.3) is 0 Å². The number of rotatable bonds is 7. The van der Waals surface area contributed by atoms with E-state index in [1.165, 1.54) is 0 Å². The van der Waals surface area contributed by atoms with Gasteiger partial charge in [-0.05, 0) is 39.3 Å². The molecule has 0 aliphatic rings. The first kappa shape index (κ1) is 16.9. The minimum absolute atomic E-state index is 0.0385. The molecule has 1 heterocycles. The van der Waals surface area contributed by atoms with Crippen LogP contribution in [0, 0.1) is 0 Å². The number of nitrogens with zero attached hydrogens (tertiary/aromatic N) is 1. The first-order valence-electron chi connectivity index (χ1n) is 7.25. The van der Waals surface area contributed by atoms with Gasteiger partial charge in [0.2, 0.25) is 5.91 Å². The maximum absolute atomic E-state index is 12.1. The summed E-state index contributed by atoms with van der Waals surface area (Å²) in [5.74, 6) is -0.569. The molecule has 0 aromatic carbocycles. The lowest BCUT2D eigenvalue weighted by Crippen LogP contribution is -2.46. The molecule has 6 nitrogen and oxygen atoms in total. The van der Waals surface area contributed by atoms with Crippen LogP contribution in [0.15, 0.2) is 18.3 Å². The van der Waals surface area contributed by atoms with Crippen LogP contribution >= 0.6 is 0 Å². The van der Waals surface area contributed by atoms with Crippen molar-refractivity contribution in [3.63, 3.8) is 0 Å². The van der Waals surface area contributed by atoms with E-state index in [4.69, 9.17) is 0 Å². The van der Waals surface area contributed by atoms with Gasteiger partial charge in [0.05, 0.1) is 0 Å². The third-order valence-electron chi connectivity index (χ3n) is 2.74. The fourth-order valence-corrected chi connectivity index (χ4v) is 1.68. The molecule has 1 aromatic rings. The van der Waals surface area contributed by atoms with E-state index in [0.717, 1.165) is 18.7 Å². The molecular weight excluding hydrogens is 268 g/mol. The largest absolute Gasteiger partial charge is 0.385 e. The van der Waals surface area contributed by atoms with Crippen LogP contribution in [-0.4, -0.2) is 35.4 Å². The number of carbonyl (C=O) groups excluding carboxylic acids is 2. The van der Waals surface area contributed by atoms with Gasteiger partial charge in [0.25, 0.3) is 5.91 Å². The molecule has 0 spiro atoms. The maximum atomic E-state index is 12.1. The second-order valence-electron chi connectivity index (χ2n) is 5.21. The summed E-state index contributed by atoms with van der Waals surface area (Å²) in [6.45, 7) is 8.29. The summed E-state index contributed by atoms with van der Waals surface area (Å²) >= 11 is 0. The van der Waals surface area contributed by atoms with Gasteiger partial charge < -0.3 is 16.0 Å². The molecule has 0 saturated carbocycles. The predicted molar refractivity (Wildman–Crippen MR) is 83.2 cm³/mol. The monoisotopic (exact) mass is 292 g/mol. The normalized spacial score (nSPS) is 11.9. The third-order valence-corrected chi connectivity index (χ3v) is 2.74. The molecular formula is C15H24N4O2. The van der Waals surface area contributed by atoms with E-state index in [9.17, 15) is 9.59 Å². The van der Waals surface area contributed by atoms with E-state index in [-0.39, 0.29) is 17.9 Å². The van der Waals surface area contributed by atoms with Gasteiger partial charge in [-0.15, -0.1) is 0 Å². The van der Waals surface area contributed by atoms with Gasteiger partial charge in [0.15, 0.2) is 0 Å². The molecule has 2 amide bonds. The molecule has 3 N–H and O–H groups in total. The Morgan fingerprint density at radius 3 is 2.57 bits per heavy atom. The van der Waals surface area contributed by atoms with Crippen molar-refractivity contribution < 1.29 is 9.59 Å². The minimum Gasteiger partial charge on any atom is -0.385 e. The van der Waals surface area contributed by atoms with E-state index in [2.05, 4.69) is 27.9 Å². The molecule has 1 atom stereocenters. The first-order chi connectivity index (χ1) is 9.93. The summed E-state index contributed by atoms with van der Waals surface area (Å²) in [6, 6.07) is 2.92. The fraction of sp³-hybridized carbons (Fsp3) is 0.533. The first-order valence-corrected chi connectivity index (χ1v) is 7.25. The molecule has 1 unspecified atom stereocenters. The number of nitrogens with one attached hydrogen (secondary N) is 3. The van der Waals surface area contributed by atoms with Crippen LogP contribution in [0.1, 0.15) is 44.6 Å². The molecule has 0 radical (unpaired) electrons. The molecule has 1 aromatic heterocycles. The van der Waals surface area contributed by atoms with Crippen molar-refractivity contribution in [2.45, 2.75) is 46.2 Å². The maximum Gasteiger partial charge on any atom is 0.270 e. The fourth-order valence-electron chi connectivity index (χ4n) is 1.68. The highest BCUT2D eigenvalue weighted by atomic mass is 16.2. The van der Waals surface area contributed by atoms with Crippen LogP contribution in [0.2, 0.25) is 0 Å². The Balaban J connectivity index is 2.64. The molecule has 6 heteroatoms. The van der Waals surface area contributed by atoms with Gasteiger partial charge in [-0.1, -0.05) is 6.92 Å². The van der Waals surface area contributed by atoms with Crippen molar-refractivity contribution in [3.05, 3.63) is 24.0 Å². The SMILES string of the molecule is CCCNc1ccnc(C(=O)NC(C)C(=O)NC(C)C)c1. The summed E-state index contributed by atoms with van der Waals surface area (Å²) in [6.07, 6.45) is 2.57. The highest BCUT2D eigenvalue weighted by molar-refractivity contribution is 5.96. The number of aromatic nitrogens is 1. The molecule has 0 fully saturated rings. The minimum atomic E-state index is -0.603. The predicted octanol–water partition coefficient (Wildman–Crippen LogP) is 1.55. The number of amides is 2. The Labute approximate surface area is 125 Å². The smallest absolute Gasteiger partial charge is 0.270 e. The van der Waals surface area contributed by atoms with E-state index < -0.39 is 6.04 Å². The molecule has 21 heavy (non-hydrogen) atoms. The number of hydrogen-bond donors (Lipinski definition) is 3. The van der Waals surface area contributed by atoms with Crippen molar-refractivity contribution in [1.82, 2.24) is 15.6 Å². The zero-order valence-corrected chi connectivity index (χ0v) is 13.1. The van der Waals surface area contributed by atoms with Crippen molar-refractivity contribution in [2.24, 2.45) is 0 Å². The molecule has 0 bridgehead atoms.